The van der Waals surface area contributed by atoms with Crippen molar-refractivity contribution in [1.29, 1.82) is 5.26 Å². The van der Waals surface area contributed by atoms with E-state index in [2.05, 4.69) is 16.1 Å². The van der Waals surface area contributed by atoms with E-state index in [4.69, 9.17) is 5.26 Å². The van der Waals surface area contributed by atoms with Gasteiger partial charge in [-0.3, -0.25) is 9.98 Å². The van der Waals surface area contributed by atoms with Gasteiger partial charge < -0.3 is 0 Å². The Labute approximate surface area is 96.9 Å². The molecule has 0 radical (unpaired) electrons. The van der Waals surface area contributed by atoms with E-state index < -0.39 is 0 Å². The minimum absolute atomic E-state index is 0.0676. The molecular formula is C13H17N3. The molecule has 0 bridgehead atoms. The molecule has 3 heteroatoms. The number of nitrogens with zero attached hydrogens (tertiary/aromatic N) is 3. The maximum atomic E-state index is 8.87. The van der Waals surface area contributed by atoms with Crippen LogP contribution in [0.2, 0.25) is 0 Å². The van der Waals surface area contributed by atoms with Crippen LogP contribution in [-0.2, 0) is 0 Å². The van der Waals surface area contributed by atoms with Crippen molar-refractivity contribution in [3.63, 3.8) is 0 Å². The van der Waals surface area contributed by atoms with Crippen molar-refractivity contribution in [2.75, 3.05) is 0 Å². The normalized spacial score (nSPS) is 22.4. The highest BCUT2D eigenvalue weighted by Crippen LogP contribution is 2.21. The highest BCUT2D eigenvalue weighted by Gasteiger charge is 2.13. The Balaban J connectivity index is 2.91. The third-order valence-corrected chi connectivity index (χ3v) is 2.61. The summed E-state index contributed by atoms with van der Waals surface area (Å²) in [5.41, 5.74) is 3.13. The van der Waals surface area contributed by atoms with Gasteiger partial charge in [-0.05, 0) is 39.2 Å². The van der Waals surface area contributed by atoms with E-state index in [1.54, 1.807) is 12.4 Å². The van der Waals surface area contributed by atoms with Crippen LogP contribution in [-0.4, -0.2) is 11.9 Å². The molecule has 84 valence electrons. The Morgan fingerprint density at radius 2 is 2.44 bits per heavy atom. The van der Waals surface area contributed by atoms with Gasteiger partial charge in [0.2, 0.25) is 0 Å². The molecule has 0 aliphatic carbocycles. The largest absolute Gasteiger partial charge is 0.264 e. The van der Waals surface area contributed by atoms with E-state index in [0.717, 1.165) is 29.8 Å². The average molecular weight is 215 g/mol. The summed E-state index contributed by atoms with van der Waals surface area (Å²) in [5.74, 6) is -0.0676. The first-order valence-corrected chi connectivity index (χ1v) is 5.48. The van der Waals surface area contributed by atoms with Crippen molar-refractivity contribution in [1.82, 2.24) is 0 Å². The SMILES string of the molecule is C/C=C\N=C(/C)C1=C(C)N=CC(C#N)CC1. The van der Waals surface area contributed by atoms with Gasteiger partial charge in [-0.15, -0.1) is 0 Å². The van der Waals surface area contributed by atoms with E-state index in [-0.39, 0.29) is 5.92 Å². The zero-order valence-electron chi connectivity index (χ0n) is 10.1. The van der Waals surface area contributed by atoms with Crippen LogP contribution in [0.25, 0.3) is 0 Å². The van der Waals surface area contributed by atoms with Gasteiger partial charge in [-0.25, -0.2) is 0 Å². The van der Waals surface area contributed by atoms with Crippen LogP contribution in [0.3, 0.4) is 0 Å². The van der Waals surface area contributed by atoms with Crippen LogP contribution in [0.1, 0.15) is 33.6 Å². The summed E-state index contributed by atoms with van der Waals surface area (Å²) < 4.78 is 0. The van der Waals surface area contributed by atoms with Gasteiger partial charge in [0.05, 0.1) is 12.0 Å². The molecule has 0 aromatic rings. The number of hydrogen-bond acceptors (Lipinski definition) is 3. The van der Waals surface area contributed by atoms with Gasteiger partial charge >= 0.3 is 0 Å². The van der Waals surface area contributed by atoms with Crippen LogP contribution < -0.4 is 0 Å². The van der Waals surface area contributed by atoms with Gasteiger partial charge in [-0.1, -0.05) is 6.08 Å². The molecule has 3 nitrogen and oxygen atoms in total. The lowest BCUT2D eigenvalue weighted by molar-refractivity contribution is 0.775. The fourth-order valence-electron chi connectivity index (χ4n) is 1.64. The van der Waals surface area contributed by atoms with E-state index in [1.165, 1.54) is 0 Å². The molecule has 0 aromatic carbocycles. The Kier molecular flexibility index (Phi) is 4.65. The monoisotopic (exact) mass is 215 g/mol. The Bertz CT molecular complexity index is 405. The summed E-state index contributed by atoms with van der Waals surface area (Å²) in [4.78, 5) is 8.64. The topological polar surface area (TPSA) is 48.5 Å². The smallest absolute Gasteiger partial charge is 0.0818 e. The molecule has 1 heterocycles. The number of aliphatic imine (C=N–C) groups is 2. The molecule has 0 saturated heterocycles. The van der Waals surface area contributed by atoms with Gasteiger partial charge in [0.1, 0.15) is 0 Å². The third-order valence-electron chi connectivity index (χ3n) is 2.61. The predicted octanol–water partition coefficient (Wildman–Crippen LogP) is 3.26. The van der Waals surface area contributed by atoms with E-state index in [1.807, 2.05) is 26.8 Å². The second kappa shape index (κ2) is 6.02. The lowest BCUT2D eigenvalue weighted by Gasteiger charge is -2.06. The van der Waals surface area contributed by atoms with Crippen molar-refractivity contribution < 1.29 is 0 Å². The number of rotatable bonds is 2. The van der Waals surface area contributed by atoms with Crippen LogP contribution in [0, 0.1) is 17.2 Å². The maximum Gasteiger partial charge on any atom is 0.0818 e. The van der Waals surface area contributed by atoms with E-state index >= 15 is 0 Å². The minimum Gasteiger partial charge on any atom is -0.264 e. The predicted molar refractivity (Wildman–Crippen MR) is 67.5 cm³/mol. The standard InChI is InChI=1S/C13H17N3/c1-4-7-15-10(2)13-6-5-12(8-14)9-16-11(13)3/h4,7,9,12H,5-6H2,1-3H3/b7-4-,15-10+. The lowest BCUT2D eigenvalue weighted by atomic mass is 9.99. The molecule has 0 saturated carbocycles. The Morgan fingerprint density at radius 3 is 3.06 bits per heavy atom. The molecule has 0 aromatic heterocycles. The Morgan fingerprint density at radius 1 is 1.69 bits per heavy atom. The van der Waals surface area contributed by atoms with E-state index in [0.29, 0.717) is 0 Å². The molecular weight excluding hydrogens is 198 g/mol. The van der Waals surface area contributed by atoms with Crippen molar-refractivity contribution in [2.45, 2.75) is 33.6 Å². The summed E-state index contributed by atoms with van der Waals surface area (Å²) in [5, 5.41) is 8.87. The number of nitriles is 1. The summed E-state index contributed by atoms with van der Waals surface area (Å²) in [6.45, 7) is 5.90. The van der Waals surface area contributed by atoms with Gasteiger partial charge in [-0.2, -0.15) is 5.26 Å². The first-order chi connectivity index (χ1) is 7.69. The molecule has 1 atom stereocenters. The molecule has 1 aliphatic rings. The van der Waals surface area contributed by atoms with Crippen molar-refractivity contribution in [3.8, 4) is 6.07 Å². The molecule has 1 unspecified atom stereocenters. The average Bonchev–Trinajstić information content (AvgIpc) is 2.48. The summed E-state index contributed by atoms with van der Waals surface area (Å²) in [7, 11) is 0. The second-order valence-electron chi connectivity index (χ2n) is 3.81. The molecule has 0 fully saturated rings. The molecule has 1 aliphatic heterocycles. The van der Waals surface area contributed by atoms with Crippen molar-refractivity contribution >= 4 is 11.9 Å². The molecule has 0 amide bonds. The van der Waals surface area contributed by atoms with Crippen molar-refractivity contribution in [2.24, 2.45) is 15.9 Å². The molecule has 1 rings (SSSR count). The van der Waals surface area contributed by atoms with E-state index in [9.17, 15) is 0 Å². The van der Waals surface area contributed by atoms with Gasteiger partial charge in [0.15, 0.2) is 0 Å². The highest BCUT2D eigenvalue weighted by molar-refractivity contribution is 5.99. The van der Waals surface area contributed by atoms with Crippen molar-refractivity contribution in [3.05, 3.63) is 23.5 Å². The maximum absolute atomic E-state index is 8.87. The zero-order valence-corrected chi connectivity index (χ0v) is 10.1. The fourth-order valence-corrected chi connectivity index (χ4v) is 1.64. The third kappa shape index (κ3) is 3.16. The quantitative estimate of drug-likeness (QED) is 0.652. The van der Waals surface area contributed by atoms with Crippen LogP contribution in [0.5, 0.6) is 0 Å². The minimum atomic E-state index is -0.0676. The van der Waals surface area contributed by atoms with Crippen LogP contribution in [0.15, 0.2) is 33.5 Å². The van der Waals surface area contributed by atoms with Gasteiger partial charge in [0.25, 0.3) is 0 Å². The summed E-state index contributed by atoms with van der Waals surface area (Å²) in [6.07, 6.45) is 7.13. The summed E-state index contributed by atoms with van der Waals surface area (Å²) in [6, 6.07) is 2.24. The zero-order chi connectivity index (χ0) is 12.0. The van der Waals surface area contributed by atoms with Gasteiger partial charge in [0, 0.05) is 23.8 Å². The lowest BCUT2D eigenvalue weighted by Crippen LogP contribution is -2.01. The molecule has 16 heavy (non-hydrogen) atoms. The van der Waals surface area contributed by atoms with Crippen LogP contribution >= 0.6 is 0 Å². The molecule has 0 N–H and O–H groups in total. The number of allylic oxidation sites excluding steroid dienone is 3. The number of hydrogen-bond donors (Lipinski definition) is 0. The molecule has 0 spiro atoms. The Hall–Kier alpha value is -1.69. The first kappa shape index (κ1) is 12.4. The summed E-state index contributed by atoms with van der Waals surface area (Å²) >= 11 is 0. The van der Waals surface area contributed by atoms with Crippen LogP contribution in [0.4, 0.5) is 0 Å². The fraction of sp³-hybridized carbons (Fsp3) is 0.462. The highest BCUT2D eigenvalue weighted by atomic mass is 14.8. The first-order valence-electron chi connectivity index (χ1n) is 5.48. The second-order valence-corrected chi connectivity index (χ2v) is 3.81.